The Balaban J connectivity index is 1.78. The van der Waals surface area contributed by atoms with Gasteiger partial charge in [0.05, 0.1) is 24.0 Å². The molecule has 0 aromatic heterocycles. The number of ether oxygens (including phenoxy) is 2. The summed E-state index contributed by atoms with van der Waals surface area (Å²) in [5.41, 5.74) is 1.21. The van der Waals surface area contributed by atoms with E-state index in [1.165, 1.54) is 7.11 Å². The van der Waals surface area contributed by atoms with Gasteiger partial charge >= 0.3 is 6.09 Å². The summed E-state index contributed by atoms with van der Waals surface area (Å²) in [5, 5.41) is 8.20. The van der Waals surface area contributed by atoms with Gasteiger partial charge in [-0.3, -0.25) is 14.9 Å². The van der Waals surface area contributed by atoms with Crippen molar-refractivity contribution in [3.63, 3.8) is 0 Å². The number of carbonyl (C=O) groups is 3. The molecular weight excluding hydrogens is 434 g/mol. The highest BCUT2D eigenvalue weighted by atomic mass is 16.6. The summed E-state index contributed by atoms with van der Waals surface area (Å²) in [4.78, 5) is 37.8. The van der Waals surface area contributed by atoms with Crippen LogP contribution in [0.3, 0.4) is 0 Å². The number of benzene rings is 3. The number of hydrogen-bond donors (Lipinski definition) is 3. The molecule has 0 aliphatic heterocycles. The molecule has 0 atom stereocenters. The van der Waals surface area contributed by atoms with Gasteiger partial charge in [0.2, 0.25) is 0 Å². The first-order valence-corrected chi connectivity index (χ1v) is 10.6. The number of amides is 3. The van der Waals surface area contributed by atoms with E-state index in [4.69, 9.17) is 9.47 Å². The van der Waals surface area contributed by atoms with Gasteiger partial charge in [0.1, 0.15) is 11.4 Å². The zero-order valence-electron chi connectivity index (χ0n) is 19.5. The molecule has 3 rings (SSSR count). The van der Waals surface area contributed by atoms with E-state index in [0.717, 1.165) is 0 Å². The standard InChI is InChI=1S/C26H27N3O5/c1-26(2,3)34-25(32)29-21-16-18(14-15-22(21)33-4)27-24(31)19-12-8-9-13-20(19)28-23(30)17-10-6-5-7-11-17/h5-16H,1-4H3,(H,27,31)(H,28,30)(H,29,32). The molecule has 0 bridgehead atoms. The van der Waals surface area contributed by atoms with Gasteiger partial charge in [0, 0.05) is 11.3 Å². The molecule has 3 aromatic carbocycles. The van der Waals surface area contributed by atoms with Gasteiger partial charge in [-0.15, -0.1) is 0 Å². The van der Waals surface area contributed by atoms with E-state index in [1.54, 1.807) is 87.5 Å². The molecule has 3 N–H and O–H groups in total. The number of anilines is 3. The lowest BCUT2D eigenvalue weighted by Crippen LogP contribution is -2.27. The summed E-state index contributed by atoms with van der Waals surface area (Å²) in [5.74, 6) is -0.356. The molecule has 0 aliphatic rings. The molecular formula is C26H27N3O5. The fourth-order valence-corrected chi connectivity index (χ4v) is 3.07. The lowest BCUT2D eigenvalue weighted by molar-refractivity contribution is 0.0635. The average molecular weight is 462 g/mol. The SMILES string of the molecule is COc1ccc(NC(=O)c2ccccc2NC(=O)c2ccccc2)cc1NC(=O)OC(C)(C)C. The second-order valence-corrected chi connectivity index (χ2v) is 8.36. The molecule has 0 spiro atoms. The second-order valence-electron chi connectivity index (χ2n) is 8.36. The molecule has 176 valence electrons. The Hall–Kier alpha value is -4.33. The van der Waals surface area contributed by atoms with Crippen LogP contribution >= 0.6 is 0 Å². The molecule has 8 heteroatoms. The molecule has 8 nitrogen and oxygen atoms in total. The van der Waals surface area contributed by atoms with Crippen LogP contribution < -0.4 is 20.7 Å². The van der Waals surface area contributed by atoms with Crippen molar-refractivity contribution in [1.29, 1.82) is 0 Å². The summed E-state index contributed by atoms with van der Waals surface area (Å²) < 4.78 is 10.6. The van der Waals surface area contributed by atoms with Crippen molar-refractivity contribution < 1.29 is 23.9 Å². The lowest BCUT2D eigenvalue weighted by Gasteiger charge is -2.20. The van der Waals surface area contributed by atoms with Crippen LogP contribution in [0.15, 0.2) is 72.8 Å². The van der Waals surface area contributed by atoms with Gasteiger partial charge in [0.25, 0.3) is 11.8 Å². The van der Waals surface area contributed by atoms with Crippen LogP contribution in [-0.4, -0.2) is 30.6 Å². The molecule has 34 heavy (non-hydrogen) atoms. The van der Waals surface area contributed by atoms with Crippen molar-refractivity contribution in [2.24, 2.45) is 0 Å². The average Bonchev–Trinajstić information content (AvgIpc) is 2.79. The van der Waals surface area contributed by atoms with Gasteiger partial charge in [-0.1, -0.05) is 30.3 Å². The van der Waals surface area contributed by atoms with E-state index >= 15 is 0 Å². The predicted octanol–water partition coefficient (Wildman–Crippen LogP) is 5.55. The van der Waals surface area contributed by atoms with Crippen LogP contribution in [0, 0.1) is 0 Å². The van der Waals surface area contributed by atoms with Gasteiger partial charge < -0.3 is 20.1 Å². The van der Waals surface area contributed by atoms with Crippen molar-refractivity contribution in [1.82, 2.24) is 0 Å². The topological polar surface area (TPSA) is 106 Å². The first-order chi connectivity index (χ1) is 16.2. The van der Waals surface area contributed by atoms with Crippen molar-refractivity contribution in [2.75, 3.05) is 23.1 Å². The first-order valence-electron chi connectivity index (χ1n) is 10.6. The Morgan fingerprint density at radius 1 is 0.735 bits per heavy atom. The lowest BCUT2D eigenvalue weighted by atomic mass is 10.1. The van der Waals surface area contributed by atoms with E-state index < -0.39 is 17.6 Å². The van der Waals surface area contributed by atoms with E-state index in [1.807, 2.05) is 6.07 Å². The largest absolute Gasteiger partial charge is 0.495 e. The summed E-state index contributed by atoms with van der Waals surface area (Å²) >= 11 is 0. The highest BCUT2D eigenvalue weighted by molar-refractivity contribution is 6.12. The number of rotatable bonds is 6. The fraction of sp³-hybridized carbons (Fsp3) is 0.192. The molecule has 0 fully saturated rings. The monoisotopic (exact) mass is 461 g/mol. The Kier molecular flexibility index (Phi) is 7.53. The van der Waals surface area contributed by atoms with Gasteiger partial charge in [-0.2, -0.15) is 0 Å². The molecule has 0 radical (unpaired) electrons. The third kappa shape index (κ3) is 6.59. The fourth-order valence-electron chi connectivity index (χ4n) is 3.07. The summed E-state index contributed by atoms with van der Waals surface area (Å²) in [6, 6.07) is 20.2. The van der Waals surface area contributed by atoms with E-state index in [9.17, 15) is 14.4 Å². The predicted molar refractivity (Wildman–Crippen MR) is 132 cm³/mol. The summed E-state index contributed by atoms with van der Waals surface area (Å²) in [6.07, 6.45) is -0.650. The Morgan fingerprint density at radius 2 is 1.41 bits per heavy atom. The number of methoxy groups -OCH3 is 1. The second kappa shape index (κ2) is 10.5. The van der Waals surface area contributed by atoms with E-state index in [-0.39, 0.29) is 11.5 Å². The summed E-state index contributed by atoms with van der Waals surface area (Å²) in [6.45, 7) is 5.28. The van der Waals surface area contributed by atoms with Gasteiger partial charge in [0.15, 0.2) is 0 Å². The third-order valence-corrected chi connectivity index (χ3v) is 4.55. The molecule has 3 amide bonds. The van der Waals surface area contributed by atoms with Crippen LogP contribution in [0.5, 0.6) is 5.75 Å². The zero-order chi connectivity index (χ0) is 24.7. The van der Waals surface area contributed by atoms with Crippen LogP contribution in [0.2, 0.25) is 0 Å². The maximum Gasteiger partial charge on any atom is 0.412 e. The van der Waals surface area contributed by atoms with Gasteiger partial charge in [-0.05, 0) is 63.2 Å². The quantitative estimate of drug-likeness (QED) is 0.446. The normalized spacial score (nSPS) is 10.7. The zero-order valence-corrected chi connectivity index (χ0v) is 19.5. The summed E-state index contributed by atoms with van der Waals surface area (Å²) in [7, 11) is 1.47. The Bertz CT molecular complexity index is 1190. The van der Waals surface area contributed by atoms with Crippen molar-refractivity contribution in [3.05, 3.63) is 83.9 Å². The number of nitrogens with one attached hydrogen (secondary N) is 3. The minimum atomic E-state index is -0.670. The Labute approximate surface area is 198 Å². The minimum Gasteiger partial charge on any atom is -0.495 e. The smallest absolute Gasteiger partial charge is 0.412 e. The number of carbonyl (C=O) groups excluding carboxylic acids is 3. The van der Waals surface area contributed by atoms with Crippen LogP contribution in [0.25, 0.3) is 0 Å². The van der Waals surface area contributed by atoms with E-state index in [2.05, 4.69) is 16.0 Å². The molecule has 0 unspecified atom stereocenters. The maximum atomic E-state index is 13.0. The van der Waals surface area contributed by atoms with E-state index in [0.29, 0.717) is 28.4 Å². The minimum absolute atomic E-state index is 0.282. The van der Waals surface area contributed by atoms with Crippen molar-refractivity contribution in [3.8, 4) is 5.75 Å². The molecule has 0 saturated carbocycles. The van der Waals surface area contributed by atoms with Crippen molar-refractivity contribution in [2.45, 2.75) is 26.4 Å². The molecule has 0 heterocycles. The number of hydrogen-bond acceptors (Lipinski definition) is 5. The first kappa shape index (κ1) is 24.3. The maximum absolute atomic E-state index is 13.0. The molecule has 3 aromatic rings. The van der Waals surface area contributed by atoms with Crippen molar-refractivity contribution >= 4 is 35.0 Å². The highest BCUT2D eigenvalue weighted by Gasteiger charge is 2.19. The van der Waals surface area contributed by atoms with Gasteiger partial charge in [-0.25, -0.2) is 4.79 Å². The molecule has 0 saturated heterocycles. The molecule has 0 aliphatic carbocycles. The highest BCUT2D eigenvalue weighted by Crippen LogP contribution is 2.29. The van der Waals surface area contributed by atoms with Crippen LogP contribution in [0.1, 0.15) is 41.5 Å². The Morgan fingerprint density at radius 3 is 2.09 bits per heavy atom. The number of para-hydroxylation sites is 1. The van der Waals surface area contributed by atoms with Crippen LogP contribution in [0.4, 0.5) is 21.9 Å². The van der Waals surface area contributed by atoms with Crippen LogP contribution in [-0.2, 0) is 4.74 Å². The third-order valence-electron chi connectivity index (χ3n) is 4.55.